The van der Waals surface area contributed by atoms with E-state index in [9.17, 15) is 14.4 Å². The van der Waals surface area contributed by atoms with Gasteiger partial charge in [0.1, 0.15) is 0 Å². The highest BCUT2D eigenvalue weighted by molar-refractivity contribution is 7.18. The van der Waals surface area contributed by atoms with E-state index in [1.54, 1.807) is 17.0 Å². The highest BCUT2D eigenvalue weighted by atomic mass is 32.1. The molecule has 1 fully saturated rings. The molecule has 2 amide bonds. The monoisotopic (exact) mass is 282 g/mol. The summed E-state index contributed by atoms with van der Waals surface area (Å²) in [7, 11) is 0. The maximum absolute atomic E-state index is 12.0. The standard InChI is InChI=1S/C12H14N2O4S/c1-7(15)13-10-3-2-9(19-10)12(18)14-5-8(6-14)4-11(16)17/h2-3,8H,4-6H2,1H3,(H,13,15)(H,16,17). The van der Waals surface area contributed by atoms with Gasteiger partial charge in [0.15, 0.2) is 0 Å². The van der Waals surface area contributed by atoms with Gasteiger partial charge >= 0.3 is 5.97 Å². The second-order valence-electron chi connectivity index (χ2n) is 4.52. The predicted octanol–water partition coefficient (Wildman–Crippen LogP) is 1.25. The lowest BCUT2D eigenvalue weighted by molar-refractivity contribution is -0.139. The van der Waals surface area contributed by atoms with Gasteiger partial charge in [-0.15, -0.1) is 11.3 Å². The molecule has 1 aromatic heterocycles. The molecule has 0 aromatic carbocycles. The lowest BCUT2D eigenvalue weighted by Crippen LogP contribution is -2.50. The van der Waals surface area contributed by atoms with Crippen LogP contribution in [0.1, 0.15) is 23.0 Å². The molecule has 0 radical (unpaired) electrons. The van der Waals surface area contributed by atoms with Gasteiger partial charge in [-0.1, -0.05) is 0 Å². The third kappa shape index (κ3) is 3.31. The number of nitrogens with zero attached hydrogens (tertiary/aromatic N) is 1. The van der Waals surface area contributed by atoms with Crippen LogP contribution in [-0.2, 0) is 9.59 Å². The number of aliphatic carboxylic acids is 1. The molecule has 1 aliphatic heterocycles. The Labute approximate surface area is 114 Å². The Balaban J connectivity index is 1.89. The summed E-state index contributed by atoms with van der Waals surface area (Å²) in [5, 5.41) is 11.9. The smallest absolute Gasteiger partial charge is 0.303 e. The zero-order valence-electron chi connectivity index (χ0n) is 10.4. The van der Waals surface area contributed by atoms with Crippen molar-refractivity contribution in [2.24, 2.45) is 5.92 Å². The Morgan fingerprint density at radius 3 is 2.68 bits per heavy atom. The molecule has 0 spiro atoms. The Bertz CT molecular complexity index is 520. The van der Waals surface area contributed by atoms with Crippen molar-refractivity contribution in [3.63, 3.8) is 0 Å². The van der Waals surface area contributed by atoms with Crippen molar-refractivity contribution in [3.8, 4) is 0 Å². The third-order valence-corrected chi connectivity index (χ3v) is 3.81. The molecule has 0 unspecified atom stereocenters. The summed E-state index contributed by atoms with van der Waals surface area (Å²) >= 11 is 1.22. The van der Waals surface area contributed by atoms with Crippen molar-refractivity contribution in [3.05, 3.63) is 17.0 Å². The van der Waals surface area contributed by atoms with Crippen LogP contribution in [0.4, 0.5) is 5.00 Å². The normalized spacial score (nSPS) is 14.9. The SMILES string of the molecule is CC(=O)Nc1ccc(C(=O)N2CC(CC(=O)O)C2)s1. The zero-order chi connectivity index (χ0) is 14.0. The van der Waals surface area contributed by atoms with Crippen LogP contribution in [0.15, 0.2) is 12.1 Å². The highest BCUT2D eigenvalue weighted by Gasteiger charge is 2.33. The van der Waals surface area contributed by atoms with Gasteiger partial charge in [-0.2, -0.15) is 0 Å². The second-order valence-corrected chi connectivity index (χ2v) is 5.60. The predicted molar refractivity (Wildman–Crippen MR) is 70.3 cm³/mol. The van der Waals surface area contributed by atoms with Crippen molar-refractivity contribution < 1.29 is 19.5 Å². The number of anilines is 1. The van der Waals surface area contributed by atoms with Gasteiger partial charge in [-0.3, -0.25) is 14.4 Å². The van der Waals surface area contributed by atoms with Crippen LogP contribution in [0.2, 0.25) is 0 Å². The van der Waals surface area contributed by atoms with E-state index in [-0.39, 0.29) is 24.2 Å². The second kappa shape index (κ2) is 5.40. The summed E-state index contributed by atoms with van der Waals surface area (Å²) < 4.78 is 0. The summed E-state index contributed by atoms with van der Waals surface area (Å²) in [5.74, 6) is -1.06. The first-order valence-corrected chi connectivity index (χ1v) is 6.66. The highest BCUT2D eigenvalue weighted by Crippen LogP contribution is 2.27. The number of carbonyl (C=O) groups is 3. The van der Waals surface area contributed by atoms with Crippen molar-refractivity contribution in [1.82, 2.24) is 4.90 Å². The summed E-state index contributed by atoms with van der Waals surface area (Å²) in [6, 6.07) is 3.36. The van der Waals surface area contributed by atoms with Crippen LogP contribution >= 0.6 is 11.3 Å². The van der Waals surface area contributed by atoms with Crippen molar-refractivity contribution >= 4 is 34.1 Å². The Morgan fingerprint density at radius 1 is 1.42 bits per heavy atom. The molecule has 2 rings (SSSR count). The molecule has 7 heteroatoms. The number of carbonyl (C=O) groups excluding carboxylic acids is 2. The van der Waals surface area contributed by atoms with Gasteiger partial charge < -0.3 is 15.3 Å². The number of carboxylic acid groups (broad SMARTS) is 1. The zero-order valence-corrected chi connectivity index (χ0v) is 11.2. The van der Waals surface area contributed by atoms with E-state index >= 15 is 0 Å². The van der Waals surface area contributed by atoms with Gasteiger partial charge in [-0.05, 0) is 12.1 Å². The van der Waals surface area contributed by atoms with Crippen LogP contribution in [0, 0.1) is 5.92 Å². The number of hydrogen-bond donors (Lipinski definition) is 2. The largest absolute Gasteiger partial charge is 0.481 e. The minimum Gasteiger partial charge on any atom is -0.481 e. The van der Waals surface area contributed by atoms with E-state index < -0.39 is 5.97 Å². The maximum atomic E-state index is 12.0. The molecule has 1 aromatic rings. The first-order valence-electron chi connectivity index (χ1n) is 5.84. The fraction of sp³-hybridized carbons (Fsp3) is 0.417. The molecule has 2 N–H and O–H groups in total. The van der Waals surface area contributed by atoms with Crippen LogP contribution < -0.4 is 5.32 Å². The quantitative estimate of drug-likeness (QED) is 0.870. The average molecular weight is 282 g/mol. The molecule has 1 aliphatic rings. The van der Waals surface area contributed by atoms with Gasteiger partial charge in [0.2, 0.25) is 5.91 Å². The number of nitrogens with one attached hydrogen (secondary N) is 1. The number of carboxylic acids is 1. The molecule has 0 bridgehead atoms. The molecule has 0 atom stereocenters. The summed E-state index contributed by atoms with van der Waals surface area (Å²) in [5.41, 5.74) is 0. The number of amides is 2. The third-order valence-electron chi connectivity index (χ3n) is 2.82. The minimum absolute atomic E-state index is 0.0521. The van der Waals surface area contributed by atoms with E-state index in [2.05, 4.69) is 5.32 Å². The maximum Gasteiger partial charge on any atom is 0.303 e. The minimum atomic E-state index is -0.832. The van der Waals surface area contributed by atoms with E-state index in [0.717, 1.165) is 0 Å². The molecule has 19 heavy (non-hydrogen) atoms. The van der Waals surface area contributed by atoms with Gasteiger partial charge in [-0.25, -0.2) is 0 Å². The van der Waals surface area contributed by atoms with E-state index in [1.807, 2.05) is 0 Å². The van der Waals surface area contributed by atoms with Gasteiger partial charge in [0.05, 0.1) is 16.3 Å². The average Bonchev–Trinajstić information content (AvgIpc) is 2.69. The fourth-order valence-corrected chi connectivity index (χ4v) is 2.88. The first kappa shape index (κ1) is 13.5. The lowest BCUT2D eigenvalue weighted by atomic mass is 9.96. The molecule has 0 aliphatic carbocycles. The topological polar surface area (TPSA) is 86.7 Å². The molecule has 1 saturated heterocycles. The molecule has 102 valence electrons. The van der Waals surface area contributed by atoms with Crippen LogP contribution in [0.25, 0.3) is 0 Å². The van der Waals surface area contributed by atoms with Crippen LogP contribution in [-0.4, -0.2) is 40.9 Å². The number of hydrogen-bond acceptors (Lipinski definition) is 4. The molecular weight excluding hydrogens is 268 g/mol. The van der Waals surface area contributed by atoms with Crippen LogP contribution in [0.5, 0.6) is 0 Å². The van der Waals surface area contributed by atoms with Crippen molar-refractivity contribution in [2.45, 2.75) is 13.3 Å². The number of rotatable bonds is 4. The Kier molecular flexibility index (Phi) is 3.84. The van der Waals surface area contributed by atoms with Gasteiger partial charge in [0.25, 0.3) is 5.91 Å². The van der Waals surface area contributed by atoms with Crippen molar-refractivity contribution in [2.75, 3.05) is 18.4 Å². The molecule has 2 heterocycles. The Hall–Kier alpha value is -1.89. The molecule has 0 saturated carbocycles. The fourth-order valence-electron chi connectivity index (χ4n) is 1.96. The van der Waals surface area contributed by atoms with E-state index in [1.165, 1.54) is 18.3 Å². The van der Waals surface area contributed by atoms with Gasteiger partial charge in [0, 0.05) is 25.9 Å². The van der Waals surface area contributed by atoms with E-state index in [4.69, 9.17) is 5.11 Å². The van der Waals surface area contributed by atoms with Crippen molar-refractivity contribution in [1.29, 1.82) is 0 Å². The molecular formula is C12H14N2O4S. The van der Waals surface area contributed by atoms with E-state index in [0.29, 0.717) is 23.0 Å². The summed E-state index contributed by atoms with van der Waals surface area (Å²) in [6.07, 6.45) is 0.103. The Morgan fingerprint density at radius 2 is 2.11 bits per heavy atom. The first-order chi connectivity index (χ1) is 8.95. The summed E-state index contributed by atoms with van der Waals surface area (Å²) in [4.78, 5) is 35.6. The number of thiophene rings is 1. The number of likely N-dealkylation sites (tertiary alicyclic amines) is 1. The van der Waals surface area contributed by atoms with Crippen LogP contribution in [0.3, 0.4) is 0 Å². The molecule has 6 nitrogen and oxygen atoms in total. The lowest BCUT2D eigenvalue weighted by Gasteiger charge is -2.38. The summed E-state index contributed by atoms with van der Waals surface area (Å²) in [6.45, 7) is 2.38.